The number of nitrogens with zero attached hydrogens (tertiary/aromatic N) is 1. The molecular weight excluding hydrogens is 312 g/mol. The normalized spacial score (nSPS) is 11.1. The van der Waals surface area contributed by atoms with Crippen molar-refractivity contribution in [3.63, 3.8) is 0 Å². The van der Waals surface area contributed by atoms with Gasteiger partial charge in [-0.25, -0.2) is 4.79 Å². The van der Waals surface area contributed by atoms with Crippen LogP contribution in [-0.2, 0) is 4.84 Å². The van der Waals surface area contributed by atoms with Crippen molar-refractivity contribution in [2.75, 3.05) is 12.9 Å². The summed E-state index contributed by atoms with van der Waals surface area (Å²) in [5.41, 5.74) is 6.95. The van der Waals surface area contributed by atoms with Crippen LogP contribution < -0.4 is 10.5 Å². The number of hydrogen-bond acceptors (Lipinski definition) is 5. The van der Waals surface area contributed by atoms with Gasteiger partial charge >= 0.3 is 5.97 Å². The predicted molar refractivity (Wildman–Crippen MR) is 92.0 cm³/mol. The van der Waals surface area contributed by atoms with Gasteiger partial charge in [0.25, 0.3) is 0 Å². The first-order valence-corrected chi connectivity index (χ1v) is 8.05. The molecule has 0 aliphatic heterocycles. The first kappa shape index (κ1) is 16.9. The van der Waals surface area contributed by atoms with Crippen LogP contribution in [0.1, 0.15) is 22.8 Å². The Bertz CT molecular complexity index is 716. The Labute approximate surface area is 139 Å². The second-order valence-electron chi connectivity index (χ2n) is 4.52. The standard InChI is InChI=1S/C17H18N2O3S/c1-3-23-15-10-5-4-9-14(15)17(20)22-19-16(18)12-7-6-8-13(11-12)21-2/h4-11H,3H2,1-2H3,(H2,18,19). The number of methoxy groups -OCH3 is 1. The highest BCUT2D eigenvalue weighted by Crippen LogP contribution is 2.23. The highest BCUT2D eigenvalue weighted by atomic mass is 32.2. The second-order valence-corrected chi connectivity index (χ2v) is 5.82. The molecule has 0 heterocycles. The molecule has 0 fully saturated rings. The predicted octanol–water partition coefficient (Wildman–Crippen LogP) is 3.28. The molecule has 0 aliphatic rings. The van der Waals surface area contributed by atoms with Crippen molar-refractivity contribution in [2.45, 2.75) is 11.8 Å². The van der Waals surface area contributed by atoms with Gasteiger partial charge in [0.2, 0.25) is 0 Å². The van der Waals surface area contributed by atoms with Gasteiger partial charge in [0, 0.05) is 10.5 Å². The zero-order valence-electron chi connectivity index (χ0n) is 13.0. The molecule has 0 saturated heterocycles. The number of ether oxygens (including phenoxy) is 1. The third-order valence-corrected chi connectivity index (χ3v) is 3.95. The number of hydrogen-bond donors (Lipinski definition) is 1. The molecule has 0 amide bonds. The van der Waals surface area contributed by atoms with Gasteiger partial charge in [0.05, 0.1) is 12.7 Å². The lowest BCUT2D eigenvalue weighted by Crippen LogP contribution is -2.15. The molecule has 23 heavy (non-hydrogen) atoms. The van der Waals surface area contributed by atoms with Gasteiger partial charge in [-0.1, -0.05) is 36.3 Å². The average molecular weight is 330 g/mol. The van der Waals surface area contributed by atoms with E-state index >= 15 is 0 Å². The quantitative estimate of drug-likeness (QED) is 0.289. The summed E-state index contributed by atoms with van der Waals surface area (Å²) in [7, 11) is 1.56. The lowest BCUT2D eigenvalue weighted by atomic mass is 10.2. The number of oxime groups is 1. The third-order valence-electron chi connectivity index (χ3n) is 3.00. The minimum atomic E-state index is -0.535. The minimum Gasteiger partial charge on any atom is -0.497 e. The highest BCUT2D eigenvalue weighted by molar-refractivity contribution is 7.99. The summed E-state index contributed by atoms with van der Waals surface area (Å²) in [6.07, 6.45) is 0. The summed E-state index contributed by atoms with van der Waals surface area (Å²) in [4.78, 5) is 18.0. The Kier molecular flexibility index (Phi) is 6.05. The molecule has 5 nitrogen and oxygen atoms in total. The van der Waals surface area contributed by atoms with E-state index in [1.165, 1.54) is 0 Å². The minimum absolute atomic E-state index is 0.109. The molecule has 120 valence electrons. The Morgan fingerprint density at radius 1 is 1.22 bits per heavy atom. The number of nitrogens with two attached hydrogens (primary N) is 1. The Morgan fingerprint density at radius 2 is 2.00 bits per heavy atom. The molecule has 2 aromatic carbocycles. The molecule has 2 N–H and O–H groups in total. The van der Waals surface area contributed by atoms with Crippen LogP contribution in [0.2, 0.25) is 0 Å². The van der Waals surface area contributed by atoms with Gasteiger partial charge < -0.3 is 15.3 Å². The second kappa shape index (κ2) is 8.24. The van der Waals surface area contributed by atoms with Gasteiger partial charge in [0.15, 0.2) is 5.84 Å². The third kappa shape index (κ3) is 4.50. The first-order chi connectivity index (χ1) is 11.2. The van der Waals surface area contributed by atoms with E-state index in [0.29, 0.717) is 16.9 Å². The Morgan fingerprint density at radius 3 is 2.74 bits per heavy atom. The fourth-order valence-corrected chi connectivity index (χ4v) is 2.68. The average Bonchev–Trinajstić information content (AvgIpc) is 2.60. The summed E-state index contributed by atoms with van der Waals surface area (Å²) >= 11 is 1.57. The van der Waals surface area contributed by atoms with Crippen molar-refractivity contribution in [2.24, 2.45) is 10.9 Å². The number of amidine groups is 1. The Hall–Kier alpha value is -2.47. The van der Waals surface area contributed by atoms with Crippen LogP contribution >= 0.6 is 11.8 Å². The topological polar surface area (TPSA) is 73.9 Å². The van der Waals surface area contributed by atoms with Gasteiger partial charge in [-0.05, 0) is 30.0 Å². The lowest BCUT2D eigenvalue weighted by molar-refractivity contribution is 0.0512. The number of benzene rings is 2. The van der Waals surface area contributed by atoms with Gasteiger partial charge in [-0.3, -0.25) is 0 Å². The van der Waals surface area contributed by atoms with Gasteiger partial charge in [0.1, 0.15) is 5.75 Å². The summed E-state index contributed by atoms with van der Waals surface area (Å²) < 4.78 is 5.12. The maximum atomic E-state index is 12.2. The Balaban J connectivity index is 2.14. The maximum absolute atomic E-state index is 12.2. The van der Waals surface area contributed by atoms with E-state index in [9.17, 15) is 4.79 Å². The summed E-state index contributed by atoms with van der Waals surface area (Å²) in [6, 6.07) is 14.3. The molecule has 0 saturated carbocycles. The number of carbonyl (C=O) groups excluding carboxylic acids is 1. The summed E-state index contributed by atoms with van der Waals surface area (Å²) in [5, 5.41) is 3.73. The molecule has 0 aliphatic carbocycles. The molecule has 0 spiro atoms. The van der Waals surface area contributed by atoms with Crippen LogP contribution in [0.5, 0.6) is 5.75 Å². The molecular formula is C17H18N2O3S. The zero-order valence-corrected chi connectivity index (χ0v) is 13.8. The maximum Gasteiger partial charge on any atom is 0.366 e. The number of carbonyl (C=O) groups is 1. The number of thioether (sulfide) groups is 1. The van der Waals surface area contributed by atoms with Crippen LogP contribution in [0.15, 0.2) is 58.6 Å². The summed E-state index contributed by atoms with van der Waals surface area (Å²) in [6.45, 7) is 2.02. The van der Waals surface area contributed by atoms with E-state index in [0.717, 1.165) is 10.6 Å². The van der Waals surface area contributed by atoms with Crippen molar-refractivity contribution < 1.29 is 14.4 Å². The van der Waals surface area contributed by atoms with Crippen molar-refractivity contribution in [3.05, 3.63) is 59.7 Å². The molecule has 2 rings (SSSR count). The molecule has 0 unspecified atom stereocenters. The fourth-order valence-electron chi connectivity index (χ4n) is 1.89. The van der Waals surface area contributed by atoms with E-state index in [1.54, 1.807) is 55.3 Å². The van der Waals surface area contributed by atoms with Gasteiger partial charge in [-0.2, -0.15) is 0 Å². The number of rotatable bonds is 6. The molecule has 0 bridgehead atoms. The molecule has 0 aromatic heterocycles. The molecule has 0 radical (unpaired) electrons. The smallest absolute Gasteiger partial charge is 0.366 e. The van der Waals surface area contributed by atoms with Crippen LogP contribution in [0.3, 0.4) is 0 Å². The summed E-state index contributed by atoms with van der Waals surface area (Å²) in [5.74, 6) is 1.08. The largest absolute Gasteiger partial charge is 0.497 e. The van der Waals surface area contributed by atoms with E-state index in [4.69, 9.17) is 15.3 Å². The van der Waals surface area contributed by atoms with Crippen LogP contribution in [-0.4, -0.2) is 24.7 Å². The molecule has 0 atom stereocenters. The van der Waals surface area contributed by atoms with E-state index < -0.39 is 5.97 Å². The van der Waals surface area contributed by atoms with Crippen LogP contribution in [0.4, 0.5) is 0 Å². The monoisotopic (exact) mass is 330 g/mol. The van der Waals surface area contributed by atoms with Crippen molar-refractivity contribution >= 4 is 23.6 Å². The molecule has 2 aromatic rings. The van der Waals surface area contributed by atoms with E-state index in [2.05, 4.69) is 5.16 Å². The van der Waals surface area contributed by atoms with Crippen molar-refractivity contribution in [1.82, 2.24) is 0 Å². The van der Waals surface area contributed by atoms with Gasteiger partial charge in [-0.15, -0.1) is 11.8 Å². The lowest BCUT2D eigenvalue weighted by Gasteiger charge is -2.06. The van der Waals surface area contributed by atoms with Crippen LogP contribution in [0, 0.1) is 0 Å². The van der Waals surface area contributed by atoms with Crippen LogP contribution in [0.25, 0.3) is 0 Å². The van der Waals surface area contributed by atoms with Crippen molar-refractivity contribution in [1.29, 1.82) is 0 Å². The highest BCUT2D eigenvalue weighted by Gasteiger charge is 2.13. The van der Waals surface area contributed by atoms with E-state index in [-0.39, 0.29) is 5.84 Å². The van der Waals surface area contributed by atoms with Crippen molar-refractivity contribution in [3.8, 4) is 5.75 Å². The van der Waals surface area contributed by atoms with E-state index in [1.807, 2.05) is 19.1 Å². The zero-order chi connectivity index (χ0) is 16.7. The fraction of sp³-hybridized carbons (Fsp3) is 0.176. The SMILES string of the molecule is CCSc1ccccc1C(=O)O/N=C(/N)c1cccc(OC)c1. The molecule has 6 heteroatoms. The first-order valence-electron chi connectivity index (χ1n) is 7.06.